The second-order valence-corrected chi connectivity index (χ2v) is 8.64. The molecule has 0 saturated heterocycles. The zero-order valence-corrected chi connectivity index (χ0v) is 20.2. The van der Waals surface area contributed by atoms with E-state index >= 15 is 0 Å². The van der Waals surface area contributed by atoms with Gasteiger partial charge in [-0.1, -0.05) is 18.2 Å². The Kier molecular flexibility index (Phi) is 6.37. The molecule has 0 fully saturated rings. The van der Waals surface area contributed by atoms with Gasteiger partial charge in [0, 0.05) is 24.6 Å². The number of para-hydroxylation sites is 2. The lowest BCUT2D eigenvalue weighted by Crippen LogP contribution is -2.51. The number of fused-ring (bicyclic) bond motifs is 2. The number of hydrogen-bond donors (Lipinski definition) is 0. The second kappa shape index (κ2) is 9.79. The van der Waals surface area contributed by atoms with Gasteiger partial charge < -0.3 is 18.8 Å². The van der Waals surface area contributed by atoms with Crippen molar-refractivity contribution in [3.8, 4) is 0 Å². The van der Waals surface area contributed by atoms with Gasteiger partial charge in [-0.25, -0.2) is 9.78 Å². The van der Waals surface area contributed by atoms with Crippen LogP contribution in [0.5, 0.6) is 0 Å². The maximum atomic E-state index is 13.6. The van der Waals surface area contributed by atoms with Gasteiger partial charge in [0.2, 0.25) is 17.2 Å². The summed E-state index contributed by atoms with van der Waals surface area (Å²) in [6, 6.07) is 10.6. The summed E-state index contributed by atoms with van der Waals surface area (Å²) in [5, 5.41) is 0. The number of rotatable bonds is 7. The second-order valence-electron chi connectivity index (χ2n) is 8.64. The van der Waals surface area contributed by atoms with Crippen LogP contribution in [0.1, 0.15) is 23.2 Å². The number of esters is 1. The number of methoxy groups -OCH3 is 1. The minimum atomic E-state index is -2.05. The topological polar surface area (TPSA) is 112 Å². The maximum Gasteiger partial charge on any atom is 0.360 e. The highest BCUT2D eigenvalue weighted by molar-refractivity contribution is 6.26. The summed E-state index contributed by atoms with van der Waals surface area (Å²) in [5.74, 6) is -1.50. The zero-order valence-electron chi connectivity index (χ0n) is 20.2. The molecule has 0 N–H and O–H groups in total. The summed E-state index contributed by atoms with van der Waals surface area (Å²) in [4.78, 5) is 50.0. The summed E-state index contributed by atoms with van der Waals surface area (Å²) in [7, 11) is 1.59. The molecule has 3 heterocycles. The molecular weight excluding hydrogens is 474 g/mol. The molecule has 0 radical (unpaired) electrons. The zero-order chi connectivity index (χ0) is 26.0. The highest BCUT2D eigenvalue weighted by Gasteiger charge is 2.49. The van der Waals surface area contributed by atoms with Crippen molar-refractivity contribution in [2.45, 2.75) is 19.1 Å². The minimum Gasteiger partial charge on any atom is -0.467 e. The van der Waals surface area contributed by atoms with Gasteiger partial charge in [-0.2, -0.15) is 0 Å². The predicted molar refractivity (Wildman–Crippen MR) is 133 cm³/mol. The van der Waals surface area contributed by atoms with Gasteiger partial charge in [0.05, 0.1) is 36.6 Å². The Labute approximate surface area is 212 Å². The lowest BCUT2D eigenvalue weighted by Gasteiger charge is -2.34. The first kappa shape index (κ1) is 24.1. The average Bonchev–Trinajstić information content (AvgIpc) is 3.41. The normalized spacial score (nSPS) is 19.5. The number of carbonyl (C=O) groups is 3. The number of benzene rings is 1. The van der Waals surface area contributed by atoms with E-state index in [4.69, 9.17) is 13.9 Å². The monoisotopic (exact) mass is 497 g/mol. The molecule has 0 bridgehead atoms. The third kappa shape index (κ3) is 4.64. The number of ether oxygens (including phenoxy) is 2. The quantitative estimate of drug-likeness (QED) is 0.356. The standard InChI is InChI=1S/C28H23N3O6/c1-28(37-27(34)24-15-29-22-9-3-4-10-23(22)30-24)25(32)14-18-13-19(7-5-11-35-2)31(17-21(18)26(28)33)16-20-8-6-12-36-20/h3-10,12-15,17H,11,16H2,1-2H3. The molecule has 1 atom stereocenters. The number of ketones is 2. The van der Waals surface area contributed by atoms with Crippen molar-refractivity contribution in [2.24, 2.45) is 0 Å². The summed E-state index contributed by atoms with van der Waals surface area (Å²) >= 11 is 0. The number of furan rings is 1. The molecule has 1 aliphatic carbocycles. The van der Waals surface area contributed by atoms with Gasteiger partial charge in [0.25, 0.3) is 0 Å². The van der Waals surface area contributed by atoms with E-state index in [1.54, 1.807) is 56.0 Å². The van der Waals surface area contributed by atoms with Crippen LogP contribution in [0.25, 0.3) is 11.0 Å². The minimum absolute atomic E-state index is 0.0992. The number of hydrogen-bond acceptors (Lipinski definition) is 9. The average molecular weight is 498 g/mol. The van der Waals surface area contributed by atoms with Crippen molar-refractivity contribution in [1.29, 1.82) is 0 Å². The molecule has 2 aromatic heterocycles. The Morgan fingerprint density at radius 1 is 1.14 bits per heavy atom. The molecular formula is C28H23N3O6. The third-order valence-corrected chi connectivity index (χ3v) is 6.08. The lowest BCUT2D eigenvalue weighted by atomic mass is 9.79. The molecule has 186 valence electrons. The van der Waals surface area contributed by atoms with Crippen LogP contribution in [0.2, 0.25) is 0 Å². The van der Waals surface area contributed by atoms with E-state index in [2.05, 4.69) is 9.97 Å². The molecule has 0 spiro atoms. The third-order valence-electron chi connectivity index (χ3n) is 6.08. The first-order valence-electron chi connectivity index (χ1n) is 11.5. The van der Waals surface area contributed by atoms with Crippen LogP contribution >= 0.6 is 0 Å². The summed E-state index contributed by atoms with van der Waals surface area (Å²) in [6.07, 6.45) is 11.2. The van der Waals surface area contributed by atoms with Crippen LogP contribution in [-0.4, -0.2) is 51.7 Å². The van der Waals surface area contributed by atoms with Crippen LogP contribution < -0.4 is 0 Å². The Bertz CT molecular complexity index is 1520. The number of Topliss-reactive ketones (excluding diaryl/α,β-unsaturated/α-hetero) is 1. The van der Waals surface area contributed by atoms with Gasteiger partial charge in [0.1, 0.15) is 5.76 Å². The van der Waals surface area contributed by atoms with Crippen LogP contribution in [0.15, 0.2) is 101 Å². The fourth-order valence-electron chi connectivity index (χ4n) is 4.09. The lowest BCUT2D eigenvalue weighted by molar-refractivity contribution is -0.145. The molecule has 1 unspecified atom stereocenters. The number of aromatic nitrogens is 2. The smallest absolute Gasteiger partial charge is 0.360 e. The number of nitrogens with zero attached hydrogens (tertiary/aromatic N) is 3. The fraction of sp³-hybridized carbons (Fsp3) is 0.179. The van der Waals surface area contributed by atoms with Gasteiger partial charge in [0.15, 0.2) is 5.69 Å². The van der Waals surface area contributed by atoms with Gasteiger partial charge in [-0.3, -0.25) is 14.6 Å². The molecule has 1 aliphatic heterocycles. The van der Waals surface area contributed by atoms with E-state index in [1.807, 2.05) is 23.1 Å². The molecule has 37 heavy (non-hydrogen) atoms. The van der Waals surface area contributed by atoms with Crippen molar-refractivity contribution < 1.29 is 28.3 Å². The van der Waals surface area contributed by atoms with Crippen molar-refractivity contribution in [1.82, 2.24) is 14.9 Å². The molecule has 1 aromatic carbocycles. The van der Waals surface area contributed by atoms with Crippen molar-refractivity contribution >= 4 is 28.6 Å². The van der Waals surface area contributed by atoms with Crippen molar-refractivity contribution in [3.05, 3.63) is 108 Å². The van der Waals surface area contributed by atoms with E-state index < -0.39 is 23.1 Å². The summed E-state index contributed by atoms with van der Waals surface area (Å²) in [5.41, 5.74) is 0.362. The molecule has 3 aromatic rings. The Balaban J connectivity index is 1.46. The molecule has 0 amide bonds. The van der Waals surface area contributed by atoms with Crippen molar-refractivity contribution in [3.63, 3.8) is 0 Å². The van der Waals surface area contributed by atoms with Gasteiger partial charge in [-0.05, 0) is 55.0 Å². The molecule has 9 heteroatoms. The molecule has 0 saturated carbocycles. The van der Waals surface area contributed by atoms with E-state index in [1.165, 1.54) is 19.2 Å². The Morgan fingerprint density at radius 2 is 1.95 bits per heavy atom. The highest BCUT2D eigenvalue weighted by atomic mass is 16.6. The summed E-state index contributed by atoms with van der Waals surface area (Å²) < 4.78 is 16.1. The molecule has 5 rings (SSSR count). The van der Waals surface area contributed by atoms with Crippen LogP contribution in [-0.2, 0) is 25.6 Å². The van der Waals surface area contributed by atoms with Gasteiger partial charge >= 0.3 is 5.97 Å². The fourth-order valence-corrected chi connectivity index (χ4v) is 4.09. The SMILES string of the molecule is COCC=CC1=CC2=CC(=O)C(C)(OC(=O)c3cnc4ccccc4n3)C(=O)C2=CN1Cc1ccco1. The number of carbonyl (C=O) groups excluding carboxylic acids is 3. The van der Waals surface area contributed by atoms with Crippen LogP contribution in [0, 0.1) is 0 Å². The Morgan fingerprint density at radius 3 is 2.70 bits per heavy atom. The number of allylic oxidation sites excluding steroid dienone is 3. The largest absolute Gasteiger partial charge is 0.467 e. The van der Waals surface area contributed by atoms with Gasteiger partial charge in [-0.15, -0.1) is 0 Å². The first-order chi connectivity index (χ1) is 17.9. The van der Waals surface area contributed by atoms with E-state index in [0.717, 1.165) is 5.70 Å². The molecule has 9 nitrogen and oxygen atoms in total. The molecule has 2 aliphatic rings. The predicted octanol–water partition coefficient (Wildman–Crippen LogP) is 3.70. The summed E-state index contributed by atoms with van der Waals surface area (Å²) in [6.45, 7) is 2.04. The van der Waals surface area contributed by atoms with Crippen molar-refractivity contribution in [2.75, 3.05) is 13.7 Å². The Hall–Kier alpha value is -4.63. The maximum absolute atomic E-state index is 13.6. The highest BCUT2D eigenvalue weighted by Crippen LogP contribution is 2.35. The van der Waals surface area contributed by atoms with Crippen LogP contribution in [0.4, 0.5) is 0 Å². The van der Waals surface area contributed by atoms with Crippen LogP contribution in [0.3, 0.4) is 0 Å². The van der Waals surface area contributed by atoms with E-state index in [0.29, 0.717) is 35.5 Å². The van der Waals surface area contributed by atoms with E-state index in [-0.39, 0.29) is 11.3 Å². The first-order valence-corrected chi connectivity index (χ1v) is 11.5. The van der Waals surface area contributed by atoms with E-state index in [9.17, 15) is 14.4 Å².